The minimum Gasteiger partial charge on any atom is -0.382 e. The first-order chi connectivity index (χ1) is 8.33. The van der Waals surface area contributed by atoms with Crippen molar-refractivity contribution in [2.24, 2.45) is 0 Å². The normalized spacial score (nSPS) is 10.2. The maximum atomic E-state index is 11.2. The standard InChI is InChI=1S/C12H17NO4/c1-15-7-8-17-13-12(14)10-16-9-11-5-3-2-4-6-11/h2-6H,7-10H2,1H3,(H,13,14). The zero-order valence-electron chi connectivity index (χ0n) is 9.85. The van der Waals surface area contributed by atoms with E-state index in [1.807, 2.05) is 30.3 Å². The molecule has 1 amide bonds. The van der Waals surface area contributed by atoms with Crippen LogP contribution in [0.1, 0.15) is 5.56 Å². The summed E-state index contributed by atoms with van der Waals surface area (Å²) in [5.41, 5.74) is 3.29. The van der Waals surface area contributed by atoms with Gasteiger partial charge in [0, 0.05) is 7.11 Å². The summed E-state index contributed by atoms with van der Waals surface area (Å²) in [5, 5.41) is 0. The molecule has 17 heavy (non-hydrogen) atoms. The van der Waals surface area contributed by atoms with Crippen LogP contribution in [0.2, 0.25) is 0 Å². The van der Waals surface area contributed by atoms with Crippen molar-refractivity contribution in [2.45, 2.75) is 6.61 Å². The highest BCUT2D eigenvalue weighted by Crippen LogP contribution is 1.99. The van der Waals surface area contributed by atoms with Crippen molar-refractivity contribution in [1.29, 1.82) is 0 Å². The monoisotopic (exact) mass is 239 g/mol. The fourth-order valence-corrected chi connectivity index (χ4v) is 1.12. The number of carbonyl (C=O) groups excluding carboxylic acids is 1. The maximum absolute atomic E-state index is 11.2. The molecule has 0 spiro atoms. The van der Waals surface area contributed by atoms with Crippen molar-refractivity contribution in [2.75, 3.05) is 26.9 Å². The van der Waals surface area contributed by atoms with Crippen molar-refractivity contribution >= 4 is 5.91 Å². The SMILES string of the molecule is COCCONC(=O)COCc1ccccc1. The molecule has 5 heteroatoms. The Labute approximate surface area is 101 Å². The Bertz CT molecular complexity index is 316. The molecule has 94 valence electrons. The average Bonchev–Trinajstić information content (AvgIpc) is 2.36. The van der Waals surface area contributed by atoms with Gasteiger partial charge >= 0.3 is 0 Å². The van der Waals surface area contributed by atoms with Gasteiger partial charge in [0.15, 0.2) is 0 Å². The van der Waals surface area contributed by atoms with Crippen molar-refractivity contribution in [3.05, 3.63) is 35.9 Å². The number of rotatable bonds is 8. The Balaban J connectivity index is 2.04. The van der Waals surface area contributed by atoms with E-state index in [1.54, 1.807) is 7.11 Å². The molecule has 0 heterocycles. The lowest BCUT2D eigenvalue weighted by atomic mass is 10.2. The predicted octanol–water partition coefficient (Wildman–Crippen LogP) is 0.897. The van der Waals surface area contributed by atoms with E-state index in [9.17, 15) is 4.79 Å². The summed E-state index contributed by atoms with van der Waals surface area (Å²) < 4.78 is 9.97. The van der Waals surface area contributed by atoms with Crippen LogP contribution in [0.3, 0.4) is 0 Å². The molecule has 0 saturated carbocycles. The van der Waals surface area contributed by atoms with Gasteiger partial charge in [-0.05, 0) is 5.56 Å². The molecule has 0 atom stereocenters. The summed E-state index contributed by atoms with van der Waals surface area (Å²) in [4.78, 5) is 16.0. The Morgan fingerprint density at radius 2 is 2.00 bits per heavy atom. The van der Waals surface area contributed by atoms with Gasteiger partial charge in [-0.1, -0.05) is 30.3 Å². The van der Waals surface area contributed by atoms with Crippen molar-refractivity contribution in [3.63, 3.8) is 0 Å². The second kappa shape index (κ2) is 8.69. The third kappa shape index (κ3) is 6.68. The molecule has 1 aromatic rings. The molecule has 1 N–H and O–H groups in total. The van der Waals surface area contributed by atoms with Gasteiger partial charge in [0.1, 0.15) is 6.61 Å². The van der Waals surface area contributed by atoms with Crippen LogP contribution >= 0.6 is 0 Å². The molecular weight excluding hydrogens is 222 g/mol. The van der Waals surface area contributed by atoms with Crippen LogP contribution in [0.15, 0.2) is 30.3 Å². The van der Waals surface area contributed by atoms with Crippen LogP contribution in [0, 0.1) is 0 Å². The number of hydroxylamine groups is 1. The number of hydrogen-bond acceptors (Lipinski definition) is 4. The Morgan fingerprint density at radius 3 is 2.71 bits per heavy atom. The Hall–Kier alpha value is -1.43. The van der Waals surface area contributed by atoms with E-state index in [2.05, 4.69) is 5.48 Å². The third-order valence-electron chi connectivity index (χ3n) is 1.92. The van der Waals surface area contributed by atoms with Crippen molar-refractivity contribution in [3.8, 4) is 0 Å². The molecule has 0 radical (unpaired) electrons. The molecule has 5 nitrogen and oxygen atoms in total. The van der Waals surface area contributed by atoms with E-state index < -0.39 is 0 Å². The quantitative estimate of drug-likeness (QED) is 0.541. The van der Waals surface area contributed by atoms with E-state index >= 15 is 0 Å². The van der Waals surface area contributed by atoms with Gasteiger partial charge in [-0.2, -0.15) is 0 Å². The smallest absolute Gasteiger partial charge is 0.269 e. The van der Waals surface area contributed by atoms with Crippen LogP contribution in [-0.4, -0.2) is 32.8 Å². The summed E-state index contributed by atoms with van der Waals surface area (Å²) in [6.07, 6.45) is 0. The first-order valence-corrected chi connectivity index (χ1v) is 5.34. The number of methoxy groups -OCH3 is 1. The minimum atomic E-state index is -0.308. The molecule has 0 bridgehead atoms. The molecule has 0 aliphatic heterocycles. The molecule has 0 fully saturated rings. The largest absolute Gasteiger partial charge is 0.382 e. The second-order valence-corrected chi connectivity index (χ2v) is 3.34. The summed E-state index contributed by atoms with van der Waals surface area (Å²) in [6.45, 7) is 1.14. The summed E-state index contributed by atoms with van der Waals surface area (Å²) in [7, 11) is 1.56. The van der Waals surface area contributed by atoms with Gasteiger partial charge in [0.2, 0.25) is 0 Å². The van der Waals surface area contributed by atoms with E-state index in [-0.39, 0.29) is 12.5 Å². The first kappa shape index (κ1) is 13.6. The summed E-state index contributed by atoms with van der Waals surface area (Å²) in [6, 6.07) is 9.65. The third-order valence-corrected chi connectivity index (χ3v) is 1.92. The predicted molar refractivity (Wildman–Crippen MR) is 62.1 cm³/mol. The minimum absolute atomic E-state index is 0.0259. The molecule has 0 saturated heterocycles. The van der Waals surface area contributed by atoms with Crippen molar-refractivity contribution in [1.82, 2.24) is 5.48 Å². The number of carbonyl (C=O) groups is 1. The van der Waals surface area contributed by atoms with E-state index in [0.29, 0.717) is 19.8 Å². The highest BCUT2D eigenvalue weighted by Gasteiger charge is 2.01. The number of amides is 1. The van der Waals surface area contributed by atoms with Gasteiger partial charge in [-0.3, -0.25) is 9.63 Å². The van der Waals surface area contributed by atoms with Gasteiger partial charge in [-0.15, -0.1) is 0 Å². The molecular formula is C12H17NO4. The highest BCUT2D eigenvalue weighted by molar-refractivity contribution is 5.75. The Morgan fingerprint density at radius 1 is 1.24 bits per heavy atom. The number of ether oxygens (including phenoxy) is 2. The van der Waals surface area contributed by atoms with Gasteiger partial charge < -0.3 is 9.47 Å². The fourth-order valence-electron chi connectivity index (χ4n) is 1.12. The van der Waals surface area contributed by atoms with Gasteiger partial charge in [0.25, 0.3) is 5.91 Å². The van der Waals surface area contributed by atoms with E-state index in [4.69, 9.17) is 14.3 Å². The second-order valence-electron chi connectivity index (χ2n) is 3.34. The molecule has 1 rings (SSSR count). The van der Waals surface area contributed by atoms with Crippen LogP contribution in [-0.2, 0) is 25.7 Å². The zero-order valence-corrected chi connectivity index (χ0v) is 9.85. The lowest BCUT2D eigenvalue weighted by molar-refractivity contribution is -0.139. The topological polar surface area (TPSA) is 56.8 Å². The van der Waals surface area contributed by atoms with Gasteiger partial charge in [-0.25, -0.2) is 5.48 Å². The molecule has 0 unspecified atom stereocenters. The van der Waals surface area contributed by atoms with E-state index in [0.717, 1.165) is 5.56 Å². The summed E-state index contributed by atoms with van der Waals surface area (Å²) >= 11 is 0. The van der Waals surface area contributed by atoms with Crippen LogP contribution in [0.5, 0.6) is 0 Å². The lowest BCUT2D eigenvalue weighted by Gasteiger charge is -2.06. The Kier molecular flexibility index (Phi) is 6.97. The molecule has 0 aliphatic rings. The lowest BCUT2D eigenvalue weighted by Crippen LogP contribution is -2.29. The first-order valence-electron chi connectivity index (χ1n) is 5.34. The van der Waals surface area contributed by atoms with Crippen LogP contribution < -0.4 is 5.48 Å². The summed E-state index contributed by atoms with van der Waals surface area (Å²) in [5.74, 6) is -0.308. The average molecular weight is 239 g/mol. The number of nitrogens with one attached hydrogen (secondary N) is 1. The zero-order chi connectivity index (χ0) is 12.3. The fraction of sp³-hybridized carbons (Fsp3) is 0.417. The number of hydrogen-bond donors (Lipinski definition) is 1. The van der Waals surface area contributed by atoms with E-state index in [1.165, 1.54) is 0 Å². The van der Waals surface area contributed by atoms with Crippen LogP contribution in [0.25, 0.3) is 0 Å². The van der Waals surface area contributed by atoms with Gasteiger partial charge in [0.05, 0.1) is 19.8 Å². The number of benzene rings is 1. The van der Waals surface area contributed by atoms with Crippen molar-refractivity contribution < 1.29 is 19.1 Å². The van der Waals surface area contributed by atoms with Crippen LogP contribution in [0.4, 0.5) is 0 Å². The highest BCUT2D eigenvalue weighted by atomic mass is 16.7. The molecule has 1 aromatic carbocycles. The molecule has 0 aromatic heterocycles. The maximum Gasteiger partial charge on any atom is 0.269 e. The molecule has 0 aliphatic carbocycles.